The number of hydrogen-bond acceptors (Lipinski definition) is 2. The monoisotopic (exact) mass is 508 g/mol. The predicted molar refractivity (Wildman–Crippen MR) is 168 cm³/mol. The van der Waals surface area contributed by atoms with Crippen LogP contribution in [0.15, 0.2) is 146 Å². The maximum absolute atomic E-state index is 4.70. The van der Waals surface area contributed by atoms with Crippen LogP contribution in [0.2, 0.25) is 0 Å². The van der Waals surface area contributed by atoms with E-state index < -0.39 is 0 Å². The van der Waals surface area contributed by atoms with Gasteiger partial charge < -0.3 is 0 Å². The molecule has 0 aliphatic heterocycles. The summed E-state index contributed by atoms with van der Waals surface area (Å²) in [5, 5.41) is 7.29. The molecule has 186 valence electrons. The molecule has 2 nitrogen and oxygen atoms in total. The fraction of sp³-hybridized carbons (Fsp3) is 0. The van der Waals surface area contributed by atoms with Gasteiger partial charge in [-0.25, -0.2) is 0 Å². The Bertz CT molecular complexity index is 2140. The number of benzene rings is 6. The first-order chi connectivity index (χ1) is 19.9. The van der Waals surface area contributed by atoms with Crippen molar-refractivity contribution in [3.8, 4) is 33.4 Å². The van der Waals surface area contributed by atoms with Gasteiger partial charge in [-0.15, -0.1) is 0 Å². The first-order valence-electron chi connectivity index (χ1n) is 13.6. The van der Waals surface area contributed by atoms with Crippen LogP contribution < -0.4 is 0 Å². The molecule has 0 unspecified atom stereocenters. The number of rotatable bonds is 3. The summed E-state index contributed by atoms with van der Waals surface area (Å²) in [5.74, 6) is 0. The average molecular weight is 509 g/mol. The summed E-state index contributed by atoms with van der Waals surface area (Å²) >= 11 is 0. The van der Waals surface area contributed by atoms with Crippen molar-refractivity contribution in [2.75, 3.05) is 0 Å². The van der Waals surface area contributed by atoms with Crippen LogP contribution >= 0.6 is 0 Å². The molecule has 0 aliphatic carbocycles. The molecule has 0 N–H and O–H groups in total. The molecule has 0 radical (unpaired) electrons. The van der Waals surface area contributed by atoms with Gasteiger partial charge in [0.25, 0.3) is 0 Å². The lowest BCUT2D eigenvalue weighted by atomic mass is 9.85. The van der Waals surface area contributed by atoms with Crippen molar-refractivity contribution in [3.63, 3.8) is 0 Å². The Morgan fingerprint density at radius 3 is 1.52 bits per heavy atom. The highest BCUT2D eigenvalue weighted by molar-refractivity contribution is 6.21. The van der Waals surface area contributed by atoms with E-state index in [2.05, 4.69) is 132 Å². The summed E-state index contributed by atoms with van der Waals surface area (Å²) in [6, 6.07) is 47.8. The number of nitrogens with zero attached hydrogens (tertiary/aromatic N) is 2. The van der Waals surface area contributed by atoms with Crippen molar-refractivity contribution in [3.05, 3.63) is 146 Å². The zero-order valence-corrected chi connectivity index (χ0v) is 21.8. The van der Waals surface area contributed by atoms with Gasteiger partial charge in [-0.1, -0.05) is 121 Å². The fourth-order valence-corrected chi connectivity index (χ4v) is 6.18. The first kappa shape index (κ1) is 22.6. The molecule has 6 aromatic carbocycles. The van der Waals surface area contributed by atoms with Crippen LogP contribution in [0.4, 0.5) is 0 Å². The Morgan fingerprint density at radius 1 is 0.325 bits per heavy atom. The van der Waals surface area contributed by atoms with Crippen LogP contribution in [0, 0.1) is 0 Å². The van der Waals surface area contributed by atoms with E-state index in [0.29, 0.717) is 0 Å². The second kappa shape index (κ2) is 9.14. The summed E-state index contributed by atoms with van der Waals surface area (Å²) in [6.07, 6.45) is 3.73. The maximum atomic E-state index is 4.70. The lowest BCUT2D eigenvalue weighted by molar-refractivity contribution is 1.37. The minimum absolute atomic E-state index is 0.938. The Labute approximate surface area is 232 Å². The smallest absolute Gasteiger partial charge is 0.0970 e. The molecule has 0 saturated heterocycles. The van der Waals surface area contributed by atoms with E-state index in [1.54, 1.807) is 0 Å². The largest absolute Gasteiger partial charge is 0.254 e. The Hall–Kier alpha value is -5.34. The molecule has 2 heteroatoms. The van der Waals surface area contributed by atoms with E-state index in [0.717, 1.165) is 21.8 Å². The van der Waals surface area contributed by atoms with E-state index in [1.807, 2.05) is 18.5 Å². The molecule has 8 rings (SSSR count). The quantitative estimate of drug-likeness (QED) is 0.175. The molecule has 0 amide bonds. The van der Waals surface area contributed by atoms with Gasteiger partial charge in [0, 0.05) is 23.2 Å². The second-order valence-corrected chi connectivity index (χ2v) is 10.2. The SMILES string of the molecule is c1ccc(-c2c3ccccc3c(-c3ccc(-c4ccnc5c4ccc4cccnc45)cc3)c3ccccc23)cc1. The first-order valence-corrected chi connectivity index (χ1v) is 13.6. The summed E-state index contributed by atoms with van der Waals surface area (Å²) in [6.45, 7) is 0. The van der Waals surface area contributed by atoms with Crippen LogP contribution in [0.25, 0.3) is 76.7 Å². The topological polar surface area (TPSA) is 25.8 Å². The van der Waals surface area contributed by atoms with Crippen LogP contribution in [-0.2, 0) is 0 Å². The molecule has 0 bridgehead atoms. The molecule has 40 heavy (non-hydrogen) atoms. The van der Waals surface area contributed by atoms with Crippen LogP contribution in [-0.4, -0.2) is 9.97 Å². The highest BCUT2D eigenvalue weighted by atomic mass is 14.7. The van der Waals surface area contributed by atoms with E-state index in [4.69, 9.17) is 4.98 Å². The van der Waals surface area contributed by atoms with Gasteiger partial charge in [-0.3, -0.25) is 9.97 Å². The Morgan fingerprint density at radius 2 is 0.875 bits per heavy atom. The van der Waals surface area contributed by atoms with Crippen molar-refractivity contribution in [2.24, 2.45) is 0 Å². The summed E-state index contributed by atoms with van der Waals surface area (Å²) in [7, 11) is 0. The highest BCUT2D eigenvalue weighted by Crippen LogP contribution is 2.44. The third kappa shape index (κ3) is 3.50. The van der Waals surface area contributed by atoms with Crippen molar-refractivity contribution in [1.29, 1.82) is 0 Å². The minimum Gasteiger partial charge on any atom is -0.254 e. The number of aromatic nitrogens is 2. The van der Waals surface area contributed by atoms with E-state index in [1.165, 1.54) is 54.9 Å². The van der Waals surface area contributed by atoms with Crippen LogP contribution in [0.5, 0.6) is 0 Å². The van der Waals surface area contributed by atoms with Gasteiger partial charge >= 0.3 is 0 Å². The number of pyridine rings is 2. The second-order valence-electron chi connectivity index (χ2n) is 10.2. The lowest BCUT2D eigenvalue weighted by Crippen LogP contribution is -1.91. The van der Waals surface area contributed by atoms with Crippen molar-refractivity contribution in [2.45, 2.75) is 0 Å². The standard InChI is InChI=1S/C38H24N2/c1-2-9-26(10-3-1)35-30-12-4-6-14-32(30)36(33-15-7-5-13-31(33)35)27-18-16-25(17-19-27)29-22-24-40-38-34(29)21-20-28-11-8-23-39-37(28)38/h1-24H. The number of hydrogen-bond donors (Lipinski definition) is 0. The summed E-state index contributed by atoms with van der Waals surface area (Å²) in [4.78, 5) is 9.32. The molecule has 0 spiro atoms. The lowest BCUT2D eigenvalue weighted by Gasteiger charge is -2.18. The van der Waals surface area contributed by atoms with Crippen LogP contribution in [0.3, 0.4) is 0 Å². The van der Waals surface area contributed by atoms with Gasteiger partial charge in [0.1, 0.15) is 0 Å². The molecule has 2 heterocycles. The van der Waals surface area contributed by atoms with Gasteiger partial charge in [0.05, 0.1) is 11.0 Å². The normalized spacial score (nSPS) is 11.5. The fourth-order valence-electron chi connectivity index (χ4n) is 6.18. The van der Waals surface area contributed by atoms with Crippen molar-refractivity contribution < 1.29 is 0 Å². The average Bonchev–Trinajstić information content (AvgIpc) is 3.03. The molecular weight excluding hydrogens is 484 g/mol. The van der Waals surface area contributed by atoms with Gasteiger partial charge in [-0.05, 0) is 67.1 Å². The highest BCUT2D eigenvalue weighted by Gasteiger charge is 2.16. The molecule has 0 atom stereocenters. The van der Waals surface area contributed by atoms with Crippen LogP contribution in [0.1, 0.15) is 0 Å². The third-order valence-electron chi connectivity index (χ3n) is 7.96. The summed E-state index contributed by atoms with van der Waals surface area (Å²) < 4.78 is 0. The molecule has 2 aromatic heterocycles. The molecule has 0 aliphatic rings. The summed E-state index contributed by atoms with van der Waals surface area (Å²) in [5.41, 5.74) is 9.22. The van der Waals surface area contributed by atoms with Crippen molar-refractivity contribution >= 4 is 43.4 Å². The molecule has 0 saturated carbocycles. The van der Waals surface area contributed by atoms with Gasteiger partial charge in [0.2, 0.25) is 0 Å². The third-order valence-corrected chi connectivity index (χ3v) is 7.96. The molecular formula is C38H24N2. The Kier molecular flexibility index (Phi) is 5.17. The molecule has 8 aromatic rings. The Balaban J connectivity index is 1.34. The maximum Gasteiger partial charge on any atom is 0.0970 e. The van der Waals surface area contributed by atoms with Gasteiger partial charge in [-0.2, -0.15) is 0 Å². The van der Waals surface area contributed by atoms with E-state index in [-0.39, 0.29) is 0 Å². The van der Waals surface area contributed by atoms with Crippen molar-refractivity contribution in [1.82, 2.24) is 9.97 Å². The van der Waals surface area contributed by atoms with Gasteiger partial charge in [0.15, 0.2) is 0 Å². The van der Waals surface area contributed by atoms with E-state index >= 15 is 0 Å². The minimum atomic E-state index is 0.938. The van der Waals surface area contributed by atoms with E-state index in [9.17, 15) is 0 Å². The molecule has 0 fully saturated rings. The predicted octanol–water partition coefficient (Wildman–Crippen LogP) is 10.1. The zero-order chi connectivity index (χ0) is 26.5. The zero-order valence-electron chi connectivity index (χ0n) is 21.8. The number of fused-ring (bicyclic) bond motifs is 5.